The second-order valence-corrected chi connectivity index (χ2v) is 8.89. The summed E-state index contributed by atoms with van der Waals surface area (Å²) in [7, 11) is 3.91. The maximum atomic E-state index is 13.3. The van der Waals surface area contributed by atoms with E-state index in [1.54, 1.807) is 29.2 Å². The first-order valence-electron chi connectivity index (χ1n) is 12.0. The van der Waals surface area contributed by atoms with Crippen LogP contribution in [0.25, 0.3) is 5.76 Å². The molecule has 2 aromatic carbocycles. The highest BCUT2D eigenvalue weighted by Crippen LogP contribution is 2.40. The number of ether oxygens (including phenoxy) is 2. The van der Waals surface area contributed by atoms with Gasteiger partial charge in [0.05, 0.1) is 31.4 Å². The molecule has 1 amide bonds. The lowest BCUT2D eigenvalue weighted by Crippen LogP contribution is -2.42. The molecule has 2 fully saturated rings. The molecular weight excluding hydrogens is 446 g/mol. The average Bonchev–Trinajstić information content (AvgIpc) is 3.13. The monoisotopic (exact) mass is 479 g/mol. The summed E-state index contributed by atoms with van der Waals surface area (Å²) in [5, 5.41) is 11.3. The van der Waals surface area contributed by atoms with Gasteiger partial charge in [-0.25, -0.2) is 0 Å². The Labute approximate surface area is 206 Å². The van der Waals surface area contributed by atoms with E-state index in [0.29, 0.717) is 44.2 Å². The molecule has 0 aromatic heterocycles. The molecule has 0 radical (unpaired) electrons. The number of morpholine rings is 1. The molecule has 0 bridgehead atoms. The highest BCUT2D eigenvalue weighted by molar-refractivity contribution is 6.46. The Hall–Kier alpha value is -3.36. The first kappa shape index (κ1) is 24.8. The number of hydrogen-bond donors (Lipinski definition) is 1. The van der Waals surface area contributed by atoms with Crippen molar-refractivity contribution in [2.24, 2.45) is 0 Å². The van der Waals surface area contributed by atoms with E-state index in [4.69, 9.17) is 9.47 Å². The zero-order chi connectivity index (χ0) is 24.9. The quantitative estimate of drug-likeness (QED) is 0.354. The molecule has 8 heteroatoms. The van der Waals surface area contributed by atoms with E-state index >= 15 is 0 Å². The molecule has 4 rings (SSSR count). The predicted molar refractivity (Wildman–Crippen MR) is 135 cm³/mol. The van der Waals surface area contributed by atoms with Gasteiger partial charge in [0.15, 0.2) is 0 Å². The van der Waals surface area contributed by atoms with E-state index in [0.717, 1.165) is 24.3 Å². The number of rotatable bonds is 8. The van der Waals surface area contributed by atoms with Gasteiger partial charge >= 0.3 is 0 Å². The van der Waals surface area contributed by atoms with Gasteiger partial charge in [0.1, 0.15) is 11.5 Å². The number of amides is 1. The number of nitrogens with zero attached hydrogens (tertiary/aromatic N) is 3. The van der Waals surface area contributed by atoms with Crippen LogP contribution in [0.1, 0.15) is 24.1 Å². The van der Waals surface area contributed by atoms with Crippen LogP contribution >= 0.6 is 0 Å². The Morgan fingerprint density at radius 1 is 1.09 bits per heavy atom. The fourth-order valence-corrected chi connectivity index (χ4v) is 4.54. The first-order chi connectivity index (χ1) is 16.9. The van der Waals surface area contributed by atoms with E-state index in [2.05, 4.69) is 4.90 Å². The molecule has 2 aliphatic rings. The number of aliphatic hydroxyl groups is 1. The lowest BCUT2D eigenvalue weighted by molar-refractivity contribution is -0.140. The van der Waals surface area contributed by atoms with Crippen molar-refractivity contribution in [3.05, 3.63) is 65.2 Å². The zero-order valence-electron chi connectivity index (χ0n) is 20.6. The Morgan fingerprint density at radius 2 is 1.80 bits per heavy atom. The van der Waals surface area contributed by atoms with Crippen LogP contribution < -0.4 is 9.64 Å². The second-order valence-electron chi connectivity index (χ2n) is 8.89. The minimum Gasteiger partial charge on any atom is -0.507 e. The topological polar surface area (TPSA) is 82.5 Å². The maximum Gasteiger partial charge on any atom is 0.295 e. The highest BCUT2D eigenvalue weighted by Gasteiger charge is 2.46. The van der Waals surface area contributed by atoms with Crippen LogP contribution in [0.4, 0.5) is 5.69 Å². The smallest absolute Gasteiger partial charge is 0.295 e. The van der Waals surface area contributed by atoms with Crippen LogP contribution in [-0.2, 0) is 14.3 Å². The molecule has 0 saturated carbocycles. The van der Waals surface area contributed by atoms with Crippen molar-refractivity contribution >= 4 is 23.1 Å². The van der Waals surface area contributed by atoms with Gasteiger partial charge in [-0.05, 0) is 36.8 Å². The van der Waals surface area contributed by atoms with Crippen LogP contribution in [0.2, 0.25) is 0 Å². The molecule has 2 aliphatic heterocycles. The number of Topliss-reactive ketones (excluding diaryl/α,β-unsaturated/α-hetero) is 1. The summed E-state index contributed by atoms with van der Waals surface area (Å²) in [4.78, 5) is 32.3. The van der Waals surface area contributed by atoms with Gasteiger partial charge in [0.2, 0.25) is 0 Å². The van der Waals surface area contributed by atoms with Crippen molar-refractivity contribution in [2.45, 2.75) is 13.0 Å². The fourth-order valence-electron chi connectivity index (χ4n) is 4.54. The third-order valence-corrected chi connectivity index (χ3v) is 6.44. The Kier molecular flexibility index (Phi) is 7.73. The minimum atomic E-state index is -0.678. The number of hydrogen-bond acceptors (Lipinski definition) is 7. The molecule has 0 aliphatic carbocycles. The zero-order valence-corrected chi connectivity index (χ0v) is 20.6. The minimum absolute atomic E-state index is 0.100. The number of carbonyl (C=O) groups excluding carboxylic acids is 2. The molecule has 186 valence electrons. The molecule has 2 aromatic rings. The summed E-state index contributed by atoms with van der Waals surface area (Å²) in [6.45, 7) is 6.25. The summed E-state index contributed by atoms with van der Waals surface area (Å²) in [6.07, 6.45) is 0. The van der Waals surface area contributed by atoms with Crippen molar-refractivity contribution in [1.29, 1.82) is 0 Å². The van der Waals surface area contributed by atoms with Gasteiger partial charge in [-0.3, -0.25) is 14.5 Å². The van der Waals surface area contributed by atoms with E-state index in [9.17, 15) is 14.7 Å². The number of likely N-dealkylation sites (tertiary alicyclic amines) is 1. The molecule has 1 N–H and O–H groups in total. The number of ketones is 1. The Bertz CT molecular complexity index is 1090. The number of anilines is 1. The number of carbonyl (C=O) groups is 2. The van der Waals surface area contributed by atoms with E-state index in [-0.39, 0.29) is 11.3 Å². The summed E-state index contributed by atoms with van der Waals surface area (Å²) in [5.74, 6) is -0.874. The highest BCUT2D eigenvalue weighted by atomic mass is 16.5. The third-order valence-electron chi connectivity index (χ3n) is 6.44. The lowest BCUT2D eigenvalue weighted by atomic mass is 9.95. The standard InChI is InChI=1S/C27H33N3O5/c1-4-35-22-7-5-6-20(18-22)25(31)23-24(19-8-10-21(11-9-19)28(2)3)30(27(33)26(23)32)13-12-29-14-16-34-17-15-29/h5-11,18,24,31H,4,12-17H2,1-3H3. The second kappa shape index (κ2) is 10.9. The van der Waals surface area contributed by atoms with E-state index < -0.39 is 17.7 Å². The normalized spacial score (nSPS) is 20.3. The SMILES string of the molecule is CCOc1cccc(C(O)=C2C(=O)C(=O)N(CCN3CCOCC3)C2c2ccc(N(C)C)cc2)c1. The largest absolute Gasteiger partial charge is 0.507 e. The van der Waals surface area contributed by atoms with Crippen LogP contribution in [0.15, 0.2) is 54.1 Å². The van der Waals surface area contributed by atoms with Crippen LogP contribution in [0, 0.1) is 0 Å². The molecule has 2 saturated heterocycles. The summed E-state index contributed by atoms with van der Waals surface area (Å²) < 4.78 is 11.0. The van der Waals surface area contributed by atoms with Crippen molar-refractivity contribution in [1.82, 2.24) is 9.80 Å². The predicted octanol–water partition coefficient (Wildman–Crippen LogP) is 2.91. The van der Waals surface area contributed by atoms with E-state index in [1.165, 1.54) is 0 Å². The molecule has 35 heavy (non-hydrogen) atoms. The van der Waals surface area contributed by atoms with Crippen LogP contribution in [0.5, 0.6) is 5.75 Å². The van der Waals surface area contributed by atoms with Crippen LogP contribution in [0.3, 0.4) is 0 Å². The first-order valence-corrected chi connectivity index (χ1v) is 12.0. The fraction of sp³-hybridized carbons (Fsp3) is 0.407. The third kappa shape index (κ3) is 5.33. The molecule has 1 atom stereocenters. The van der Waals surface area contributed by atoms with Crippen molar-refractivity contribution in [2.75, 3.05) is 65.0 Å². The summed E-state index contributed by atoms with van der Waals surface area (Å²) in [5.41, 5.74) is 2.32. The molecule has 0 spiro atoms. The van der Waals surface area contributed by atoms with Gasteiger partial charge in [0.25, 0.3) is 11.7 Å². The van der Waals surface area contributed by atoms with Gasteiger partial charge < -0.3 is 24.4 Å². The van der Waals surface area contributed by atoms with Gasteiger partial charge in [0, 0.05) is 51.5 Å². The summed E-state index contributed by atoms with van der Waals surface area (Å²) >= 11 is 0. The molecule has 8 nitrogen and oxygen atoms in total. The summed E-state index contributed by atoms with van der Waals surface area (Å²) in [6, 6.07) is 14.0. The van der Waals surface area contributed by atoms with E-state index in [1.807, 2.05) is 50.2 Å². The van der Waals surface area contributed by atoms with Crippen molar-refractivity contribution in [3.63, 3.8) is 0 Å². The van der Waals surface area contributed by atoms with Crippen molar-refractivity contribution in [3.8, 4) is 5.75 Å². The van der Waals surface area contributed by atoms with Gasteiger partial charge in [-0.2, -0.15) is 0 Å². The number of aliphatic hydroxyl groups excluding tert-OH is 1. The molecular formula is C27H33N3O5. The van der Waals surface area contributed by atoms with Gasteiger partial charge in [-0.15, -0.1) is 0 Å². The lowest BCUT2D eigenvalue weighted by Gasteiger charge is -2.31. The number of benzene rings is 2. The maximum absolute atomic E-state index is 13.3. The van der Waals surface area contributed by atoms with Crippen molar-refractivity contribution < 1.29 is 24.2 Å². The molecule has 1 unspecified atom stereocenters. The molecule has 2 heterocycles. The average molecular weight is 480 g/mol. The Morgan fingerprint density at radius 3 is 2.46 bits per heavy atom. The van der Waals surface area contributed by atoms with Gasteiger partial charge in [-0.1, -0.05) is 24.3 Å². The van der Waals surface area contributed by atoms with Crippen LogP contribution in [-0.4, -0.2) is 86.7 Å². The Balaban J connectivity index is 1.74.